The highest BCUT2D eigenvalue weighted by atomic mass is 32.1. The molecule has 21 heavy (non-hydrogen) atoms. The Labute approximate surface area is 133 Å². The van der Waals surface area contributed by atoms with E-state index in [1.54, 1.807) is 0 Å². The van der Waals surface area contributed by atoms with E-state index in [0.29, 0.717) is 6.04 Å². The predicted octanol–water partition coefficient (Wildman–Crippen LogP) is 3.00. The van der Waals surface area contributed by atoms with Crippen molar-refractivity contribution in [3.05, 3.63) is 0 Å². The Bertz CT molecular complexity index is 386. The second kappa shape index (κ2) is 6.95. The van der Waals surface area contributed by atoms with E-state index in [2.05, 4.69) is 5.32 Å². The van der Waals surface area contributed by atoms with Crippen LogP contribution in [-0.2, 0) is 9.53 Å². The van der Waals surface area contributed by atoms with Crippen LogP contribution in [0.4, 0.5) is 0 Å². The van der Waals surface area contributed by atoms with Crippen molar-refractivity contribution in [2.24, 2.45) is 0 Å². The molecule has 0 aromatic carbocycles. The zero-order chi connectivity index (χ0) is 15.5. The number of esters is 1. The van der Waals surface area contributed by atoms with Crippen molar-refractivity contribution in [3.8, 4) is 0 Å². The zero-order valence-corrected chi connectivity index (χ0v) is 14.3. The standard InChI is InChI=1S/C16H28N2O2S/c1-16(2,3)20-14(19)13-10-7-11-18(13)15(21)17-12-8-5-4-6-9-12/h12-13H,4-11H2,1-3H3,(H,17,21). The summed E-state index contributed by atoms with van der Waals surface area (Å²) >= 11 is 5.54. The lowest BCUT2D eigenvalue weighted by atomic mass is 9.96. The number of rotatable bonds is 2. The monoisotopic (exact) mass is 312 g/mol. The van der Waals surface area contributed by atoms with Gasteiger partial charge in [-0.2, -0.15) is 0 Å². The van der Waals surface area contributed by atoms with Crippen LogP contribution < -0.4 is 5.32 Å². The normalized spacial score (nSPS) is 24.0. The van der Waals surface area contributed by atoms with Crippen molar-refractivity contribution in [1.29, 1.82) is 0 Å². The molecule has 1 unspecified atom stereocenters. The van der Waals surface area contributed by atoms with E-state index in [-0.39, 0.29) is 12.0 Å². The molecule has 0 bridgehead atoms. The van der Waals surface area contributed by atoms with Gasteiger partial charge in [0, 0.05) is 12.6 Å². The third-order valence-corrected chi connectivity index (χ3v) is 4.48. The van der Waals surface area contributed by atoms with Gasteiger partial charge in [-0.05, 0) is 58.7 Å². The molecule has 1 saturated heterocycles. The van der Waals surface area contributed by atoms with Crippen LogP contribution in [0.5, 0.6) is 0 Å². The SMILES string of the molecule is CC(C)(C)OC(=O)C1CCCN1C(=S)NC1CCCCC1. The van der Waals surface area contributed by atoms with E-state index >= 15 is 0 Å². The van der Waals surface area contributed by atoms with Crippen LogP contribution in [0.3, 0.4) is 0 Å². The van der Waals surface area contributed by atoms with Gasteiger partial charge in [-0.3, -0.25) is 0 Å². The van der Waals surface area contributed by atoms with Crippen LogP contribution in [0, 0.1) is 0 Å². The number of hydrogen-bond donors (Lipinski definition) is 1. The Morgan fingerprint density at radius 3 is 2.43 bits per heavy atom. The molecule has 0 aromatic heterocycles. The van der Waals surface area contributed by atoms with E-state index < -0.39 is 5.60 Å². The summed E-state index contributed by atoms with van der Waals surface area (Å²) in [5.74, 6) is -0.146. The average molecular weight is 312 g/mol. The molecule has 0 radical (unpaired) electrons. The van der Waals surface area contributed by atoms with Crippen molar-refractivity contribution in [3.63, 3.8) is 0 Å². The molecule has 4 nitrogen and oxygen atoms in total. The number of thiocarbonyl (C=S) groups is 1. The molecule has 0 amide bonds. The van der Waals surface area contributed by atoms with Crippen molar-refractivity contribution in [2.45, 2.75) is 83.4 Å². The van der Waals surface area contributed by atoms with Crippen molar-refractivity contribution in [2.75, 3.05) is 6.54 Å². The highest BCUT2D eigenvalue weighted by Gasteiger charge is 2.35. The number of nitrogens with zero attached hydrogens (tertiary/aromatic N) is 1. The third-order valence-electron chi connectivity index (χ3n) is 4.13. The van der Waals surface area contributed by atoms with Gasteiger partial charge < -0.3 is 15.0 Å². The van der Waals surface area contributed by atoms with Gasteiger partial charge >= 0.3 is 5.97 Å². The maximum atomic E-state index is 12.3. The Kier molecular flexibility index (Phi) is 5.47. The van der Waals surface area contributed by atoms with E-state index in [1.807, 2.05) is 25.7 Å². The molecule has 2 rings (SSSR count). The molecule has 120 valence electrons. The number of ether oxygens (including phenoxy) is 1. The van der Waals surface area contributed by atoms with Crippen LogP contribution in [0.1, 0.15) is 65.7 Å². The molecule has 0 aromatic rings. The first-order valence-corrected chi connectivity index (χ1v) is 8.57. The predicted molar refractivity (Wildman–Crippen MR) is 88.2 cm³/mol. The maximum Gasteiger partial charge on any atom is 0.329 e. The highest BCUT2D eigenvalue weighted by molar-refractivity contribution is 7.80. The van der Waals surface area contributed by atoms with Gasteiger partial charge in [0.2, 0.25) is 0 Å². The minimum atomic E-state index is -0.441. The summed E-state index contributed by atoms with van der Waals surface area (Å²) in [6, 6.07) is 0.263. The summed E-state index contributed by atoms with van der Waals surface area (Å²) in [5.41, 5.74) is -0.441. The molecule has 2 aliphatic rings. The Balaban J connectivity index is 1.91. The highest BCUT2D eigenvalue weighted by Crippen LogP contribution is 2.23. The zero-order valence-electron chi connectivity index (χ0n) is 13.5. The van der Waals surface area contributed by atoms with Crippen LogP contribution in [0.2, 0.25) is 0 Å². The van der Waals surface area contributed by atoms with Gasteiger partial charge in [0.05, 0.1) is 0 Å². The topological polar surface area (TPSA) is 41.6 Å². The molecular weight excluding hydrogens is 284 g/mol. The number of nitrogens with one attached hydrogen (secondary N) is 1. The summed E-state index contributed by atoms with van der Waals surface area (Å²) in [7, 11) is 0. The van der Waals surface area contributed by atoms with E-state index in [0.717, 1.165) is 24.5 Å². The van der Waals surface area contributed by atoms with Crippen LogP contribution in [-0.4, -0.2) is 40.2 Å². The summed E-state index contributed by atoms with van der Waals surface area (Å²) in [6.45, 7) is 6.57. The minimum absolute atomic E-state index is 0.146. The Morgan fingerprint density at radius 1 is 1.14 bits per heavy atom. The second-order valence-electron chi connectivity index (χ2n) is 7.17. The number of carbonyl (C=O) groups excluding carboxylic acids is 1. The minimum Gasteiger partial charge on any atom is -0.458 e. The largest absolute Gasteiger partial charge is 0.458 e. The van der Waals surface area contributed by atoms with E-state index in [9.17, 15) is 4.79 Å². The molecule has 1 N–H and O–H groups in total. The van der Waals surface area contributed by atoms with E-state index in [1.165, 1.54) is 32.1 Å². The molecule has 5 heteroatoms. The fourth-order valence-corrected chi connectivity index (χ4v) is 3.51. The van der Waals surface area contributed by atoms with Crippen molar-refractivity contribution >= 4 is 23.3 Å². The molecule has 1 aliphatic heterocycles. The second-order valence-corrected chi connectivity index (χ2v) is 7.56. The van der Waals surface area contributed by atoms with Crippen molar-refractivity contribution < 1.29 is 9.53 Å². The average Bonchev–Trinajstić information content (AvgIpc) is 2.87. The third kappa shape index (κ3) is 4.83. The summed E-state index contributed by atoms with van der Waals surface area (Å²) in [5, 5.41) is 4.19. The quantitative estimate of drug-likeness (QED) is 0.627. The molecule has 1 atom stereocenters. The fraction of sp³-hybridized carbons (Fsp3) is 0.875. The molecule has 1 aliphatic carbocycles. The molecular formula is C16H28N2O2S. The summed E-state index contributed by atoms with van der Waals surface area (Å²) in [4.78, 5) is 14.3. The molecule has 1 heterocycles. The molecule has 1 saturated carbocycles. The molecule has 2 fully saturated rings. The van der Waals surface area contributed by atoms with Gasteiger partial charge in [0.15, 0.2) is 5.11 Å². The summed E-state index contributed by atoms with van der Waals surface area (Å²) < 4.78 is 5.52. The maximum absolute atomic E-state index is 12.3. The number of hydrogen-bond acceptors (Lipinski definition) is 3. The van der Waals surface area contributed by atoms with Gasteiger partial charge in [0.1, 0.15) is 11.6 Å². The van der Waals surface area contributed by atoms with Gasteiger partial charge in [-0.25, -0.2) is 4.79 Å². The van der Waals surface area contributed by atoms with Gasteiger partial charge in [-0.1, -0.05) is 19.3 Å². The number of likely N-dealkylation sites (tertiary alicyclic amines) is 1. The fourth-order valence-electron chi connectivity index (χ4n) is 3.13. The van der Waals surface area contributed by atoms with Gasteiger partial charge in [0.25, 0.3) is 0 Å². The molecule has 0 spiro atoms. The first-order valence-electron chi connectivity index (χ1n) is 8.17. The first kappa shape index (κ1) is 16.5. The smallest absolute Gasteiger partial charge is 0.329 e. The van der Waals surface area contributed by atoms with Gasteiger partial charge in [-0.15, -0.1) is 0 Å². The van der Waals surface area contributed by atoms with Crippen LogP contribution in [0.15, 0.2) is 0 Å². The van der Waals surface area contributed by atoms with Crippen LogP contribution >= 0.6 is 12.2 Å². The van der Waals surface area contributed by atoms with Crippen molar-refractivity contribution in [1.82, 2.24) is 10.2 Å². The van der Waals surface area contributed by atoms with Crippen LogP contribution in [0.25, 0.3) is 0 Å². The number of carbonyl (C=O) groups is 1. The van der Waals surface area contributed by atoms with E-state index in [4.69, 9.17) is 17.0 Å². The first-order chi connectivity index (χ1) is 9.87. The lowest BCUT2D eigenvalue weighted by molar-refractivity contribution is -0.159. The Hall–Kier alpha value is -0.840. The summed E-state index contributed by atoms with van der Waals surface area (Å²) in [6.07, 6.45) is 8.08. The lowest BCUT2D eigenvalue weighted by Crippen LogP contribution is -2.50. The lowest BCUT2D eigenvalue weighted by Gasteiger charge is -2.32. The Morgan fingerprint density at radius 2 is 1.81 bits per heavy atom.